The first-order valence-corrected chi connectivity index (χ1v) is 7.92. The summed E-state index contributed by atoms with van der Waals surface area (Å²) in [6, 6.07) is 0. The fourth-order valence-corrected chi connectivity index (χ4v) is 5.34. The maximum atomic E-state index is 10.3. The molecule has 104 valence electrons. The molecular formula is C16H28O2. The van der Waals surface area contributed by atoms with Crippen LogP contribution in [0.5, 0.6) is 0 Å². The molecule has 0 aromatic rings. The zero-order chi connectivity index (χ0) is 12.8. The van der Waals surface area contributed by atoms with E-state index in [-0.39, 0.29) is 11.5 Å². The minimum atomic E-state index is -0.0429. The van der Waals surface area contributed by atoms with Crippen molar-refractivity contribution in [1.82, 2.24) is 0 Å². The Balaban J connectivity index is 1.68. The highest BCUT2D eigenvalue weighted by molar-refractivity contribution is 5.02. The Morgan fingerprint density at radius 3 is 2.67 bits per heavy atom. The van der Waals surface area contributed by atoms with Crippen LogP contribution in [0.1, 0.15) is 58.3 Å². The van der Waals surface area contributed by atoms with Gasteiger partial charge in [0.25, 0.3) is 0 Å². The van der Waals surface area contributed by atoms with E-state index in [2.05, 4.69) is 6.92 Å². The second-order valence-corrected chi connectivity index (χ2v) is 7.45. The standard InChI is InChI=1S/C16H28O2/c1-16-10-12-3-2-11(6-7-17)8-13(12)9-14(16)4-5-15(16)18/h11-15,17-18H,2-10H2,1H3/t11-,12+,13+,14-,15-,16-/m0/s1. The number of aliphatic hydroxyl groups is 2. The molecule has 3 aliphatic rings. The monoisotopic (exact) mass is 252 g/mol. The van der Waals surface area contributed by atoms with Gasteiger partial charge in [0.2, 0.25) is 0 Å². The van der Waals surface area contributed by atoms with Crippen LogP contribution in [-0.4, -0.2) is 22.9 Å². The van der Waals surface area contributed by atoms with Gasteiger partial charge in [0.05, 0.1) is 6.10 Å². The SMILES string of the molecule is C[C@]12C[C@H]3CC[C@@H](CCO)C[C@@H]3C[C@@H]1CC[C@@H]2O. The number of rotatable bonds is 2. The Morgan fingerprint density at radius 1 is 1.06 bits per heavy atom. The minimum absolute atomic E-state index is 0.0429. The largest absolute Gasteiger partial charge is 0.396 e. The van der Waals surface area contributed by atoms with E-state index in [1.54, 1.807) is 0 Å². The summed E-state index contributed by atoms with van der Waals surface area (Å²) in [5, 5.41) is 19.4. The third kappa shape index (κ3) is 2.02. The lowest BCUT2D eigenvalue weighted by molar-refractivity contribution is -0.0452. The van der Waals surface area contributed by atoms with Crippen LogP contribution >= 0.6 is 0 Å². The molecule has 0 bridgehead atoms. The fraction of sp³-hybridized carbons (Fsp3) is 1.00. The Bertz CT molecular complexity index is 303. The molecule has 0 aliphatic heterocycles. The highest BCUT2D eigenvalue weighted by Crippen LogP contribution is 2.58. The fourth-order valence-electron chi connectivity index (χ4n) is 5.34. The van der Waals surface area contributed by atoms with Crippen LogP contribution in [-0.2, 0) is 0 Å². The van der Waals surface area contributed by atoms with Crippen molar-refractivity contribution in [3.8, 4) is 0 Å². The molecule has 0 saturated heterocycles. The van der Waals surface area contributed by atoms with Crippen molar-refractivity contribution in [1.29, 1.82) is 0 Å². The van der Waals surface area contributed by atoms with Crippen LogP contribution < -0.4 is 0 Å². The van der Waals surface area contributed by atoms with Gasteiger partial charge in [0, 0.05) is 6.61 Å². The molecule has 0 radical (unpaired) electrons. The van der Waals surface area contributed by atoms with E-state index in [0.717, 1.165) is 36.5 Å². The predicted octanol–water partition coefficient (Wildman–Crippen LogP) is 2.97. The summed E-state index contributed by atoms with van der Waals surface area (Å²) in [6.07, 6.45) is 9.82. The summed E-state index contributed by atoms with van der Waals surface area (Å²) in [4.78, 5) is 0. The summed E-state index contributed by atoms with van der Waals surface area (Å²) in [5.41, 5.74) is 0.227. The molecule has 0 unspecified atom stereocenters. The molecule has 3 fully saturated rings. The molecule has 0 amide bonds. The van der Waals surface area contributed by atoms with Gasteiger partial charge in [-0.25, -0.2) is 0 Å². The Labute approximate surface area is 111 Å². The van der Waals surface area contributed by atoms with Crippen molar-refractivity contribution in [2.24, 2.45) is 29.1 Å². The summed E-state index contributed by atoms with van der Waals surface area (Å²) in [6.45, 7) is 2.70. The molecule has 0 heterocycles. The molecule has 2 heteroatoms. The highest BCUT2D eigenvalue weighted by Gasteiger charge is 2.52. The first kappa shape index (κ1) is 12.9. The van der Waals surface area contributed by atoms with E-state index < -0.39 is 0 Å². The Hall–Kier alpha value is -0.0800. The van der Waals surface area contributed by atoms with Gasteiger partial charge in [0.15, 0.2) is 0 Å². The second-order valence-electron chi connectivity index (χ2n) is 7.45. The lowest BCUT2D eigenvalue weighted by atomic mass is 9.56. The van der Waals surface area contributed by atoms with E-state index in [1.807, 2.05) is 0 Å². The molecule has 6 atom stereocenters. The summed E-state index contributed by atoms with van der Waals surface area (Å²) in [5.74, 6) is 3.28. The maximum Gasteiger partial charge on any atom is 0.0596 e. The number of hydrogen-bond acceptors (Lipinski definition) is 2. The smallest absolute Gasteiger partial charge is 0.0596 e. The van der Waals surface area contributed by atoms with Gasteiger partial charge < -0.3 is 10.2 Å². The molecule has 2 nitrogen and oxygen atoms in total. The molecule has 0 aromatic carbocycles. The average Bonchev–Trinajstić information content (AvgIpc) is 2.63. The van der Waals surface area contributed by atoms with Gasteiger partial charge in [-0.3, -0.25) is 0 Å². The first-order chi connectivity index (χ1) is 8.63. The van der Waals surface area contributed by atoms with E-state index >= 15 is 0 Å². The predicted molar refractivity (Wildman–Crippen MR) is 72.1 cm³/mol. The molecule has 0 spiro atoms. The van der Waals surface area contributed by atoms with E-state index in [0.29, 0.717) is 6.61 Å². The van der Waals surface area contributed by atoms with Crippen molar-refractivity contribution in [3.05, 3.63) is 0 Å². The molecule has 3 aliphatic carbocycles. The number of fused-ring (bicyclic) bond motifs is 2. The van der Waals surface area contributed by atoms with Crippen LogP contribution in [0, 0.1) is 29.1 Å². The highest BCUT2D eigenvalue weighted by atomic mass is 16.3. The first-order valence-electron chi connectivity index (χ1n) is 7.92. The normalized spacial score (nSPS) is 51.8. The third-order valence-corrected chi connectivity index (χ3v) is 6.56. The van der Waals surface area contributed by atoms with Crippen LogP contribution in [0.4, 0.5) is 0 Å². The van der Waals surface area contributed by atoms with Crippen molar-refractivity contribution in [3.63, 3.8) is 0 Å². The third-order valence-electron chi connectivity index (χ3n) is 6.56. The molecule has 3 saturated carbocycles. The quantitative estimate of drug-likeness (QED) is 0.793. The van der Waals surface area contributed by atoms with Crippen LogP contribution in [0.15, 0.2) is 0 Å². The van der Waals surface area contributed by atoms with Crippen molar-refractivity contribution in [2.75, 3.05) is 6.61 Å². The van der Waals surface area contributed by atoms with E-state index in [1.165, 1.54) is 38.5 Å². The van der Waals surface area contributed by atoms with Gasteiger partial charge >= 0.3 is 0 Å². The maximum absolute atomic E-state index is 10.3. The molecule has 2 N–H and O–H groups in total. The van der Waals surface area contributed by atoms with Gasteiger partial charge in [-0.2, -0.15) is 0 Å². The second kappa shape index (κ2) is 4.79. The summed E-state index contributed by atoms with van der Waals surface area (Å²) in [7, 11) is 0. The van der Waals surface area contributed by atoms with Gasteiger partial charge in [0.1, 0.15) is 0 Å². The van der Waals surface area contributed by atoms with Crippen molar-refractivity contribution >= 4 is 0 Å². The van der Waals surface area contributed by atoms with Gasteiger partial charge in [-0.05, 0) is 74.0 Å². The van der Waals surface area contributed by atoms with E-state index in [9.17, 15) is 5.11 Å². The number of aliphatic hydroxyl groups excluding tert-OH is 2. The zero-order valence-corrected chi connectivity index (χ0v) is 11.6. The zero-order valence-electron chi connectivity index (χ0n) is 11.6. The molecule has 18 heavy (non-hydrogen) atoms. The summed E-state index contributed by atoms with van der Waals surface area (Å²) < 4.78 is 0. The Kier molecular flexibility index (Phi) is 3.44. The minimum Gasteiger partial charge on any atom is -0.396 e. The molecule has 0 aromatic heterocycles. The molecular weight excluding hydrogens is 224 g/mol. The Morgan fingerprint density at radius 2 is 1.89 bits per heavy atom. The number of hydrogen-bond donors (Lipinski definition) is 2. The average molecular weight is 252 g/mol. The topological polar surface area (TPSA) is 40.5 Å². The van der Waals surface area contributed by atoms with Crippen LogP contribution in [0.3, 0.4) is 0 Å². The summed E-state index contributed by atoms with van der Waals surface area (Å²) >= 11 is 0. The van der Waals surface area contributed by atoms with Crippen LogP contribution in [0.2, 0.25) is 0 Å². The van der Waals surface area contributed by atoms with Crippen molar-refractivity contribution < 1.29 is 10.2 Å². The lowest BCUT2D eigenvalue weighted by Gasteiger charge is -2.49. The van der Waals surface area contributed by atoms with Crippen molar-refractivity contribution in [2.45, 2.75) is 64.4 Å². The van der Waals surface area contributed by atoms with Crippen LogP contribution in [0.25, 0.3) is 0 Å². The van der Waals surface area contributed by atoms with Gasteiger partial charge in [-0.1, -0.05) is 13.3 Å². The van der Waals surface area contributed by atoms with E-state index in [4.69, 9.17) is 5.11 Å². The molecule has 3 rings (SSSR count). The van der Waals surface area contributed by atoms with Gasteiger partial charge in [-0.15, -0.1) is 0 Å². The lowest BCUT2D eigenvalue weighted by Crippen LogP contribution is -2.43.